The number of amides is 2. The molecule has 0 unspecified atom stereocenters. The summed E-state index contributed by atoms with van der Waals surface area (Å²) in [6, 6.07) is 3.83. The second-order valence-corrected chi connectivity index (χ2v) is 9.48. The maximum Gasteiger partial charge on any atom is 0.293 e. The number of nitrogens with zero attached hydrogens (tertiary/aromatic N) is 4. The number of aromatic nitrogens is 2. The average molecular weight is 469 g/mol. The second-order valence-electron chi connectivity index (χ2n) is 9.48. The highest BCUT2D eigenvalue weighted by atomic mass is 16.5. The summed E-state index contributed by atoms with van der Waals surface area (Å²) in [6.45, 7) is 3.29. The maximum atomic E-state index is 13.5. The molecular weight excluding hydrogens is 436 g/mol. The molecule has 1 aliphatic carbocycles. The van der Waals surface area contributed by atoms with Gasteiger partial charge in [0.2, 0.25) is 11.7 Å². The van der Waals surface area contributed by atoms with E-state index in [1.54, 1.807) is 17.3 Å². The van der Waals surface area contributed by atoms with Crippen molar-refractivity contribution in [3.05, 3.63) is 47.1 Å². The average Bonchev–Trinajstić information content (AvgIpc) is 3.24. The minimum Gasteiger partial charge on any atom is -0.381 e. The fraction of sp³-hybridized carbons (Fsp3) is 0.600. The van der Waals surface area contributed by atoms with Gasteiger partial charge in [0.05, 0.1) is 18.4 Å². The molecule has 182 valence electrons. The topological polar surface area (TPSA) is 98.0 Å². The number of fused-ring (bicyclic) bond motifs is 1. The third kappa shape index (κ3) is 5.31. The number of aryl methyl sites for hydroxylation is 1. The van der Waals surface area contributed by atoms with Crippen LogP contribution in [0.4, 0.5) is 0 Å². The van der Waals surface area contributed by atoms with Gasteiger partial charge >= 0.3 is 0 Å². The first kappa shape index (κ1) is 23.0. The normalized spacial score (nSPS) is 21.9. The van der Waals surface area contributed by atoms with E-state index in [1.807, 2.05) is 17.0 Å². The highest BCUT2D eigenvalue weighted by molar-refractivity contribution is 5.95. The predicted molar refractivity (Wildman–Crippen MR) is 122 cm³/mol. The van der Waals surface area contributed by atoms with Crippen molar-refractivity contribution < 1.29 is 23.6 Å². The first-order chi connectivity index (χ1) is 16.7. The Kier molecular flexibility index (Phi) is 7.20. The number of rotatable bonds is 6. The number of pyridine rings is 1. The van der Waals surface area contributed by atoms with E-state index in [2.05, 4.69) is 10.1 Å². The molecule has 0 bridgehead atoms. The molecule has 2 aromatic rings. The molecule has 2 amide bonds. The van der Waals surface area contributed by atoms with Crippen LogP contribution in [0.1, 0.15) is 53.1 Å². The number of carbonyl (C=O) groups is 2. The molecule has 0 aromatic carbocycles. The molecule has 2 aliphatic heterocycles. The molecule has 2 fully saturated rings. The van der Waals surface area contributed by atoms with Crippen molar-refractivity contribution >= 4 is 11.8 Å². The Morgan fingerprint density at radius 3 is 2.85 bits per heavy atom. The van der Waals surface area contributed by atoms with Crippen molar-refractivity contribution in [2.24, 2.45) is 5.92 Å². The molecule has 0 N–H and O–H groups in total. The minimum atomic E-state index is -0.311. The van der Waals surface area contributed by atoms with Crippen LogP contribution in [0.25, 0.3) is 0 Å². The van der Waals surface area contributed by atoms with E-state index >= 15 is 0 Å². The summed E-state index contributed by atoms with van der Waals surface area (Å²) in [6.07, 6.45) is 8.76. The van der Waals surface area contributed by atoms with E-state index in [4.69, 9.17) is 14.0 Å². The smallest absolute Gasteiger partial charge is 0.293 e. The number of hydrogen-bond donors (Lipinski definition) is 0. The van der Waals surface area contributed by atoms with Crippen LogP contribution in [0.5, 0.6) is 0 Å². The molecule has 34 heavy (non-hydrogen) atoms. The lowest BCUT2D eigenvalue weighted by Gasteiger charge is -2.30. The summed E-state index contributed by atoms with van der Waals surface area (Å²) < 4.78 is 17.2. The molecule has 0 saturated carbocycles. The van der Waals surface area contributed by atoms with E-state index in [0.717, 1.165) is 68.6 Å². The molecular formula is C25H32N4O5. The van der Waals surface area contributed by atoms with Gasteiger partial charge in [-0.2, -0.15) is 0 Å². The fourth-order valence-electron chi connectivity index (χ4n) is 5.06. The first-order valence-electron chi connectivity index (χ1n) is 12.3. The van der Waals surface area contributed by atoms with Crippen molar-refractivity contribution in [1.82, 2.24) is 19.9 Å². The Labute approximate surface area is 199 Å². The van der Waals surface area contributed by atoms with Crippen molar-refractivity contribution in [3.63, 3.8) is 0 Å². The van der Waals surface area contributed by atoms with Gasteiger partial charge in [0, 0.05) is 50.8 Å². The van der Waals surface area contributed by atoms with Crippen LogP contribution < -0.4 is 0 Å². The molecule has 9 heteroatoms. The van der Waals surface area contributed by atoms with Gasteiger partial charge in [-0.3, -0.25) is 14.6 Å². The lowest BCUT2D eigenvalue weighted by molar-refractivity contribution is -0.132. The zero-order chi connectivity index (χ0) is 23.3. The highest BCUT2D eigenvalue weighted by Crippen LogP contribution is 2.26. The highest BCUT2D eigenvalue weighted by Gasteiger charge is 2.35. The van der Waals surface area contributed by atoms with Gasteiger partial charge in [-0.1, -0.05) is 11.2 Å². The third-order valence-corrected chi connectivity index (χ3v) is 7.00. The summed E-state index contributed by atoms with van der Waals surface area (Å²) in [5.41, 5.74) is 2.73. The van der Waals surface area contributed by atoms with E-state index in [-0.39, 0.29) is 30.2 Å². The van der Waals surface area contributed by atoms with Crippen LogP contribution in [-0.2, 0) is 33.7 Å². The van der Waals surface area contributed by atoms with Crippen molar-refractivity contribution in [2.75, 3.05) is 39.4 Å². The van der Waals surface area contributed by atoms with E-state index in [9.17, 15) is 9.59 Å². The van der Waals surface area contributed by atoms with Crippen LogP contribution in [0.15, 0.2) is 29.0 Å². The van der Waals surface area contributed by atoms with Gasteiger partial charge < -0.3 is 23.8 Å². The van der Waals surface area contributed by atoms with Crippen molar-refractivity contribution in [1.29, 1.82) is 0 Å². The van der Waals surface area contributed by atoms with Gasteiger partial charge in [-0.15, -0.1) is 0 Å². The Hall–Kier alpha value is -2.78. The van der Waals surface area contributed by atoms with Crippen LogP contribution >= 0.6 is 0 Å². The van der Waals surface area contributed by atoms with Crippen molar-refractivity contribution in [2.45, 2.75) is 51.2 Å². The number of carbonyl (C=O) groups excluding carboxylic acids is 2. The molecule has 4 heterocycles. The summed E-state index contributed by atoms with van der Waals surface area (Å²) in [5.74, 6) is 0.360. The van der Waals surface area contributed by atoms with E-state index < -0.39 is 0 Å². The molecule has 1 atom stereocenters. The summed E-state index contributed by atoms with van der Waals surface area (Å²) in [7, 11) is 0. The van der Waals surface area contributed by atoms with Gasteiger partial charge in [0.1, 0.15) is 6.54 Å². The largest absolute Gasteiger partial charge is 0.381 e. The van der Waals surface area contributed by atoms with Crippen LogP contribution in [0.3, 0.4) is 0 Å². The minimum absolute atomic E-state index is 0.0181. The standard InChI is InChI=1S/C25H32N4O5/c30-23-16-29(25(31)24-21-5-1-2-6-22(21)27-34-24)15-20(33-17-19-4-3-9-26-12-19)14-28(23)13-18-7-10-32-11-8-18/h3-4,9,12,18,20H,1-2,5-8,10-11,13-17H2/t20-/m1/s1. The van der Waals surface area contributed by atoms with Gasteiger partial charge in [-0.25, -0.2) is 0 Å². The van der Waals surface area contributed by atoms with Gasteiger partial charge in [0.25, 0.3) is 5.91 Å². The molecule has 2 aromatic heterocycles. The van der Waals surface area contributed by atoms with E-state index in [1.165, 1.54) is 0 Å². The quantitative estimate of drug-likeness (QED) is 0.641. The van der Waals surface area contributed by atoms with Crippen LogP contribution in [0, 0.1) is 5.92 Å². The summed E-state index contributed by atoms with van der Waals surface area (Å²) in [5, 5.41) is 4.13. The van der Waals surface area contributed by atoms with Gasteiger partial charge in [-0.05, 0) is 56.1 Å². The second kappa shape index (κ2) is 10.7. The maximum absolute atomic E-state index is 13.5. The Bertz CT molecular complexity index is 988. The lowest BCUT2D eigenvalue weighted by atomic mass is 9.96. The fourth-order valence-corrected chi connectivity index (χ4v) is 5.06. The lowest BCUT2D eigenvalue weighted by Crippen LogP contribution is -2.42. The summed E-state index contributed by atoms with van der Waals surface area (Å²) in [4.78, 5) is 34.4. The molecule has 9 nitrogen and oxygen atoms in total. The van der Waals surface area contributed by atoms with Crippen LogP contribution in [-0.4, -0.2) is 77.3 Å². The predicted octanol–water partition coefficient (Wildman–Crippen LogP) is 2.24. The molecule has 5 rings (SSSR count). The SMILES string of the molecule is O=C1CN(C(=O)c2onc3c2CCCC3)C[C@H](OCc2cccnc2)CN1CC1CCOCC1. The number of hydrogen-bond acceptors (Lipinski definition) is 7. The third-order valence-electron chi connectivity index (χ3n) is 7.00. The molecule has 0 spiro atoms. The first-order valence-corrected chi connectivity index (χ1v) is 12.3. The van der Waals surface area contributed by atoms with Crippen molar-refractivity contribution in [3.8, 4) is 0 Å². The Morgan fingerprint density at radius 2 is 2.03 bits per heavy atom. The Balaban J connectivity index is 1.33. The van der Waals surface area contributed by atoms with Crippen LogP contribution in [0.2, 0.25) is 0 Å². The molecule has 3 aliphatic rings. The van der Waals surface area contributed by atoms with E-state index in [0.29, 0.717) is 32.2 Å². The zero-order valence-corrected chi connectivity index (χ0v) is 19.5. The monoisotopic (exact) mass is 468 g/mol. The molecule has 2 saturated heterocycles. The van der Waals surface area contributed by atoms with Gasteiger partial charge in [0.15, 0.2) is 0 Å². The zero-order valence-electron chi connectivity index (χ0n) is 19.5. The molecule has 0 radical (unpaired) electrons. The Morgan fingerprint density at radius 1 is 1.18 bits per heavy atom. The summed E-state index contributed by atoms with van der Waals surface area (Å²) >= 11 is 0. The number of ether oxygens (including phenoxy) is 2.